The fourth-order valence-electron chi connectivity index (χ4n) is 2.26. The van der Waals surface area contributed by atoms with E-state index in [1.54, 1.807) is 12.1 Å². The molecule has 1 heterocycles. The van der Waals surface area contributed by atoms with Gasteiger partial charge in [0.05, 0.1) is 31.8 Å². The van der Waals surface area contributed by atoms with E-state index in [4.69, 9.17) is 4.74 Å². The van der Waals surface area contributed by atoms with Crippen molar-refractivity contribution in [1.29, 1.82) is 0 Å². The molecule has 7 nitrogen and oxygen atoms in total. The summed E-state index contributed by atoms with van der Waals surface area (Å²) in [5, 5.41) is -1.05. The van der Waals surface area contributed by atoms with E-state index < -0.39 is 27.1 Å². The minimum atomic E-state index is -3.92. The maximum atomic E-state index is 12.0. The summed E-state index contributed by atoms with van der Waals surface area (Å²) in [6, 6.07) is 5.35. The molecule has 0 fully saturated rings. The third-order valence-corrected chi connectivity index (χ3v) is 5.32. The third kappa shape index (κ3) is 4.44. The summed E-state index contributed by atoms with van der Waals surface area (Å²) in [4.78, 5) is 23.1. The second-order valence-corrected chi connectivity index (χ2v) is 7.48. The van der Waals surface area contributed by atoms with Crippen LogP contribution in [0.5, 0.6) is 5.75 Å². The molecule has 0 radical (unpaired) electrons. The number of carbonyl (C=O) groups is 2. The van der Waals surface area contributed by atoms with E-state index in [0.717, 1.165) is 17.7 Å². The van der Waals surface area contributed by atoms with Gasteiger partial charge in [0.1, 0.15) is 5.75 Å². The van der Waals surface area contributed by atoms with Gasteiger partial charge >= 0.3 is 5.97 Å². The summed E-state index contributed by atoms with van der Waals surface area (Å²) in [5.41, 5.74) is 1.72. The molecule has 0 spiro atoms. The smallest absolute Gasteiger partial charge is 0.306 e. The minimum absolute atomic E-state index is 0.0581. The van der Waals surface area contributed by atoms with Crippen LogP contribution in [0.2, 0.25) is 0 Å². The first-order chi connectivity index (χ1) is 10.8. The number of esters is 1. The highest BCUT2D eigenvalue weighted by atomic mass is 32.2. The van der Waals surface area contributed by atoms with E-state index in [-0.39, 0.29) is 12.8 Å². The Hall–Kier alpha value is -2.09. The van der Waals surface area contributed by atoms with Crippen LogP contribution in [0.15, 0.2) is 18.2 Å². The number of methoxy groups -OCH3 is 1. The zero-order chi connectivity index (χ0) is 17.0. The maximum absolute atomic E-state index is 12.0. The minimum Gasteiger partial charge on any atom is -0.493 e. The van der Waals surface area contributed by atoms with Crippen molar-refractivity contribution in [3.63, 3.8) is 0 Å². The number of carbonyl (C=O) groups excluding carboxylic acids is 2. The van der Waals surface area contributed by atoms with Crippen LogP contribution < -0.4 is 9.46 Å². The average Bonchev–Trinajstić information content (AvgIpc) is 2.93. The van der Waals surface area contributed by atoms with E-state index in [2.05, 4.69) is 4.74 Å². The second kappa shape index (κ2) is 6.99. The lowest BCUT2D eigenvalue weighted by molar-refractivity contribution is -0.140. The first-order valence-corrected chi connectivity index (χ1v) is 8.72. The fourth-order valence-corrected chi connectivity index (χ4v) is 3.20. The van der Waals surface area contributed by atoms with Crippen molar-refractivity contribution in [2.24, 2.45) is 0 Å². The summed E-state index contributed by atoms with van der Waals surface area (Å²) in [7, 11) is -2.74. The zero-order valence-electron chi connectivity index (χ0n) is 13.0. The van der Waals surface area contributed by atoms with Gasteiger partial charge in [0.15, 0.2) is 0 Å². The molecule has 0 saturated heterocycles. The number of hydrogen-bond donors (Lipinski definition) is 1. The molecule has 1 aliphatic rings. The number of amides is 1. The van der Waals surface area contributed by atoms with Gasteiger partial charge in [-0.15, -0.1) is 0 Å². The van der Waals surface area contributed by atoms with E-state index in [1.807, 2.05) is 10.8 Å². The van der Waals surface area contributed by atoms with Crippen molar-refractivity contribution in [2.75, 3.05) is 13.7 Å². The third-order valence-electron chi connectivity index (χ3n) is 3.59. The molecule has 0 saturated carbocycles. The molecular weight excluding hydrogens is 322 g/mol. The van der Waals surface area contributed by atoms with Gasteiger partial charge in [-0.05, 0) is 24.1 Å². The first-order valence-electron chi connectivity index (χ1n) is 7.17. The fraction of sp³-hybridized carbons (Fsp3) is 0.467. The van der Waals surface area contributed by atoms with Gasteiger partial charge in [0.2, 0.25) is 15.9 Å². The number of rotatable bonds is 6. The highest BCUT2D eigenvalue weighted by Gasteiger charge is 2.26. The predicted octanol–water partition coefficient (Wildman–Crippen LogP) is 0.562. The molecule has 1 aromatic carbocycles. The van der Waals surface area contributed by atoms with Crippen LogP contribution in [-0.2, 0) is 37.2 Å². The first kappa shape index (κ1) is 17.3. The summed E-state index contributed by atoms with van der Waals surface area (Å²) in [5.74, 6) is -0.483. The quantitative estimate of drug-likeness (QED) is 0.759. The van der Waals surface area contributed by atoms with Crippen LogP contribution in [0.1, 0.15) is 24.5 Å². The molecule has 0 bridgehead atoms. The summed E-state index contributed by atoms with van der Waals surface area (Å²) in [6.07, 6.45) is 0.409. The Bertz CT molecular complexity index is 713. The van der Waals surface area contributed by atoms with Crippen LogP contribution in [0.4, 0.5) is 0 Å². The molecule has 1 aromatic rings. The molecule has 1 amide bonds. The van der Waals surface area contributed by atoms with E-state index >= 15 is 0 Å². The number of sulfonamides is 1. The lowest BCUT2D eigenvalue weighted by atomic mass is 10.1. The molecule has 126 valence electrons. The summed E-state index contributed by atoms with van der Waals surface area (Å²) in [6.45, 7) is 1.96. The van der Waals surface area contributed by atoms with E-state index in [0.29, 0.717) is 12.2 Å². The van der Waals surface area contributed by atoms with Gasteiger partial charge in [0, 0.05) is 6.42 Å². The monoisotopic (exact) mass is 341 g/mol. The number of benzene rings is 1. The molecule has 0 aromatic heterocycles. The highest BCUT2D eigenvalue weighted by molar-refractivity contribution is 7.90. The van der Waals surface area contributed by atoms with Crippen LogP contribution in [0.25, 0.3) is 0 Å². The molecule has 1 N–H and O–H groups in total. The normalized spacial score (nSPS) is 14.5. The van der Waals surface area contributed by atoms with Crippen molar-refractivity contribution in [1.82, 2.24) is 4.72 Å². The lowest BCUT2D eigenvalue weighted by Gasteiger charge is -2.13. The average molecular weight is 341 g/mol. The number of nitrogens with one attached hydrogen (secondary N) is 1. The van der Waals surface area contributed by atoms with Gasteiger partial charge < -0.3 is 9.47 Å². The topological polar surface area (TPSA) is 98.8 Å². The Morgan fingerprint density at radius 2 is 2.13 bits per heavy atom. The van der Waals surface area contributed by atoms with Crippen LogP contribution in [0.3, 0.4) is 0 Å². The van der Waals surface area contributed by atoms with E-state index in [1.165, 1.54) is 14.0 Å². The van der Waals surface area contributed by atoms with Crippen molar-refractivity contribution >= 4 is 21.9 Å². The molecule has 1 unspecified atom stereocenters. The maximum Gasteiger partial charge on any atom is 0.306 e. The Morgan fingerprint density at radius 1 is 1.39 bits per heavy atom. The summed E-state index contributed by atoms with van der Waals surface area (Å²) < 4.78 is 35.8. The number of hydrogen-bond acceptors (Lipinski definition) is 6. The Morgan fingerprint density at radius 3 is 2.83 bits per heavy atom. The van der Waals surface area contributed by atoms with Crippen LogP contribution in [-0.4, -0.2) is 39.3 Å². The van der Waals surface area contributed by atoms with Gasteiger partial charge in [-0.3, -0.25) is 14.3 Å². The van der Waals surface area contributed by atoms with E-state index in [9.17, 15) is 18.0 Å². The number of ether oxygens (including phenoxy) is 2. The van der Waals surface area contributed by atoms with Crippen molar-refractivity contribution < 1.29 is 27.5 Å². The Balaban J connectivity index is 1.97. The van der Waals surface area contributed by atoms with Crippen molar-refractivity contribution in [3.05, 3.63) is 29.3 Å². The SMILES string of the molecule is COC(=O)CC(C)S(=O)(=O)NC(=O)Cc1ccc2c(c1)CCO2. The van der Waals surface area contributed by atoms with Gasteiger partial charge in [-0.25, -0.2) is 8.42 Å². The Kier molecular flexibility index (Phi) is 5.25. The number of fused-ring (bicyclic) bond motifs is 1. The standard InChI is InChI=1S/C15H19NO6S/c1-10(7-15(18)21-2)23(19,20)16-14(17)9-11-3-4-13-12(8-11)5-6-22-13/h3-4,8,10H,5-7,9H2,1-2H3,(H,16,17). The van der Waals surface area contributed by atoms with Gasteiger partial charge in [-0.2, -0.15) is 0 Å². The largest absolute Gasteiger partial charge is 0.493 e. The van der Waals surface area contributed by atoms with Gasteiger partial charge in [-0.1, -0.05) is 12.1 Å². The van der Waals surface area contributed by atoms with Gasteiger partial charge in [0.25, 0.3) is 0 Å². The predicted molar refractivity (Wildman–Crippen MR) is 82.5 cm³/mol. The molecule has 2 rings (SSSR count). The molecule has 1 atom stereocenters. The van der Waals surface area contributed by atoms with Crippen molar-refractivity contribution in [3.8, 4) is 5.75 Å². The molecule has 1 aliphatic heterocycles. The Labute approximate surface area is 135 Å². The molecule has 23 heavy (non-hydrogen) atoms. The zero-order valence-corrected chi connectivity index (χ0v) is 13.8. The van der Waals surface area contributed by atoms with Crippen LogP contribution in [0, 0.1) is 0 Å². The van der Waals surface area contributed by atoms with Crippen LogP contribution >= 0.6 is 0 Å². The summed E-state index contributed by atoms with van der Waals surface area (Å²) >= 11 is 0. The lowest BCUT2D eigenvalue weighted by Crippen LogP contribution is -2.38. The highest BCUT2D eigenvalue weighted by Crippen LogP contribution is 2.26. The molecular formula is C15H19NO6S. The molecule has 0 aliphatic carbocycles. The molecule has 8 heteroatoms. The second-order valence-electron chi connectivity index (χ2n) is 5.38. The van der Waals surface area contributed by atoms with Crippen molar-refractivity contribution in [2.45, 2.75) is 31.4 Å².